The molecule has 3 rings (SSSR count). The van der Waals surface area contributed by atoms with Crippen molar-refractivity contribution in [3.8, 4) is 0 Å². The molecule has 0 radical (unpaired) electrons. The number of carbonyl (C=O) groups is 1. The fourth-order valence-corrected chi connectivity index (χ4v) is 5.13. The first-order chi connectivity index (χ1) is 14.2. The molecule has 1 saturated heterocycles. The maximum absolute atomic E-state index is 13.4. The second kappa shape index (κ2) is 9.15. The number of aliphatic hydroxyl groups excluding tert-OH is 1. The van der Waals surface area contributed by atoms with Crippen LogP contribution < -0.4 is 5.32 Å². The van der Waals surface area contributed by atoms with Gasteiger partial charge in [-0.25, -0.2) is 21.6 Å². The maximum atomic E-state index is 13.4. The topological polar surface area (TPSA) is 86.7 Å². The van der Waals surface area contributed by atoms with Gasteiger partial charge in [-0.15, -0.1) is 0 Å². The van der Waals surface area contributed by atoms with Crippen molar-refractivity contribution in [1.82, 2.24) is 4.31 Å². The molecule has 2 aromatic rings. The quantitative estimate of drug-likeness (QED) is 0.716. The van der Waals surface area contributed by atoms with Crippen LogP contribution in [0.3, 0.4) is 0 Å². The highest BCUT2D eigenvalue weighted by atomic mass is 32.2. The number of hydrogen-bond donors (Lipinski definition) is 2. The summed E-state index contributed by atoms with van der Waals surface area (Å²) >= 11 is 0. The second-order valence-corrected chi connectivity index (χ2v) is 8.86. The van der Waals surface area contributed by atoms with Crippen molar-refractivity contribution >= 4 is 21.6 Å². The molecular weight excluding hydrogens is 421 g/mol. The van der Waals surface area contributed by atoms with Crippen molar-refractivity contribution in [2.45, 2.75) is 36.6 Å². The predicted octanol–water partition coefficient (Wildman–Crippen LogP) is 3.55. The van der Waals surface area contributed by atoms with Gasteiger partial charge in [-0.05, 0) is 49.2 Å². The monoisotopic (exact) mass is 442 g/mol. The molecule has 30 heavy (non-hydrogen) atoms. The number of piperidine rings is 1. The molecule has 6 nitrogen and oxygen atoms in total. The highest BCUT2D eigenvalue weighted by molar-refractivity contribution is 7.89. The van der Waals surface area contributed by atoms with Gasteiger partial charge in [-0.3, -0.25) is 4.79 Å². The molecule has 1 unspecified atom stereocenters. The van der Waals surface area contributed by atoms with Gasteiger partial charge in [-0.2, -0.15) is 4.31 Å². The van der Waals surface area contributed by atoms with Gasteiger partial charge in [-0.1, -0.05) is 12.5 Å². The lowest BCUT2D eigenvalue weighted by Gasteiger charge is -2.33. The van der Waals surface area contributed by atoms with Crippen LogP contribution in [0.4, 0.5) is 18.9 Å². The maximum Gasteiger partial charge on any atom is 0.266 e. The van der Waals surface area contributed by atoms with E-state index in [-0.39, 0.29) is 29.3 Å². The molecule has 1 heterocycles. The van der Waals surface area contributed by atoms with E-state index in [1.54, 1.807) is 0 Å². The first-order valence-corrected chi connectivity index (χ1v) is 10.8. The molecule has 0 aromatic heterocycles. The summed E-state index contributed by atoms with van der Waals surface area (Å²) in [6.07, 6.45) is -1.00. The summed E-state index contributed by atoms with van der Waals surface area (Å²) in [7, 11) is -3.93. The number of nitrogens with one attached hydrogen (secondary N) is 1. The average Bonchev–Trinajstić information content (AvgIpc) is 2.74. The molecule has 0 saturated carbocycles. The zero-order valence-electron chi connectivity index (χ0n) is 15.9. The molecule has 1 fully saturated rings. The minimum atomic E-state index is -3.93. The lowest BCUT2D eigenvalue weighted by Crippen LogP contribution is -2.45. The zero-order valence-corrected chi connectivity index (χ0v) is 16.7. The minimum absolute atomic E-state index is 0.00319. The second-order valence-electron chi connectivity index (χ2n) is 6.97. The molecule has 2 aromatic carbocycles. The Morgan fingerprint density at radius 3 is 2.67 bits per heavy atom. The molecule has 10 heteroatoms. The Hall–Kier alpha value is -2.43. The van der Waals surface area contributed by atoms with E-state index in [4.69, 9.17) is 0 Å². The van der Waals surface area contributed by atoms with Crippen LogP contribution in [0.1, 0.15) is 41.6 Å². The van der Waals surface area contributed by atoms with E-state index in [0.717, 1.165) is 24.6 Å². The largest absolute Gasteiger partial charge is 0.395 e. The van der Waals surface area contributed by atoms with Crippen molar-refractivity contribution in [3.63, 3.8) is 0 Å². The number of sulfonamides is 1. The lowest BCUT2D eigenvalue weighted by atomic mass is 10.1. The van der Waals surface area contributed by atoms with E-state index in [1.807, 2.05) is 0 Å². The van der Waals surface area contributed by atoms with Crippen molar-refractivity contribution in [3.05, 3.63) is 59.4 Å². The van der Waals surface area contributed by atoms with Crippen LogP contribution in [0.5, 0.6) is 0 Å². The van der Waals surface area contributed by atoms with Gasteiger partial charge >= 0.3 is 0 Å². The Kier molecular flexibility index (Phi) is 6.79. The van der Waals surface area contributed by atoms with Crippen LogP contribution in [0.15, 0.2) is 47.4 Å². The van der Waals surface area contributed by atoms with Gasteiger partial charge in [0.1, 0.15) is 5.82 Å². The van der Waals surface area contributed by atoms with Crippen molar-refractivity contribution in [2.24, 2.45) is 0 Å². The number of anilines is 1. The van der Waals surface area contributed by atoms with Crippen LogP contribution in [0.2, 0.25) is 0 Å². The Balaban J connectivity index is 1.84. The molecular formula is C20H21F3N2O4S. The van der Waals surface area contributed by atoms with Crippen LogP contribution in [0.25, 0.3) is 0 Å². The summed E-state index contributed by atoms with van der Waals surface area (Å²) < 4.78 is 66.4. The van der Waals surface area contributed by atoms with Crippen LogP contribution in [-0.2, 0) is 10.0 Å². The zero-order chi connectivity index (χ0) is 21.9. The van der Waals surface area contributed by atoms with Crippen molar-refractivity contribution in [1.29, 1.82) is 0 Å². The molecule has 0 bridgehead atoms. The first kappa shape index (κ1) is 22.3. The Bertz CT molecular complexity index is 1030. The number of carbonyl (C=O) groups excluding carboxylic acids is 1. The fourth-order valence-electron chi connectivity index (χ4n) is 3.40. The summed E-state index contributed by atoms with van der Waals surface area (Å²) in [6, 6.07) is 7.59. The minimum Gasteiger partial charge on any atom is -0.395 e. The number of halogens is 3. The number of rotatable bonds is 6. The smallest absolute Gasteiger partial charge is 0.266 e. The summed E-state index contributed by atoms with van der Waals surface area (Å²) in [5.41, 5.74) is -0.887. The number of aliphatic hydroxyl groups is 1. The first-order valence-electron chi connectivity index (χ1n) is 9.35. The van der Waals surface area contributed by atoms with Crippen molar-refractivity contribution < 1.29 is 31.5 Å². The highest BCUT2D eigenvalue weighted by Crippen LogP contribution is 2.27. The number of hydrogen-bond acceptors (Lipinski definition) is 4. The molecule has 162 valence electrons. The van der Waals surface area contributed by atoms with E-state index >= 15 is 0 Å². The van der Waals surface area contributed by atoms with E-state index in [9.17, 15) is 31.5 Å². The highest BCUT2D eigenvalue weighted by Gasteiger charge is 2.33. The number of benzene rings is 2. The molecule has 1 amide bonds. The molecule has 1 aliphatic heterocycles. The third-order valence-electron chi connectivity index (χ3n) is 4.98. The summed E-state index contributed by atoms with van der Waals surface area (Å²) in [5.74, 6) is -1.81. The van der Waals surface area contributed by atoms with E-state index in [2.05, 4.69) is 5.32 Å². The molecule has 0 spiro atoms. The van der Waals surface area contributed by atoms with Gasteiger partial charge in [0.05, 0.1) is 17.1 Å². The number of nitrogens with zero attached hydrogens (tertiary/aromatic N) is 1. The summed E-state index contributed by atoms with van der Waals surface area (Å²) in [5, 5.41) is 11.9. The normalized spacial score (nSPS) is 17.8. The van der Waals surface area contributed by atoms with E-state index in [0.29, 0.717) is 12.8 Å². The van der Waals surface area contributed by atoms with E-state index in [1.165, 1.54) is 28.6 Å². The molecule has 2 N–H and O–H groups in total. The van der Waals surface area contributed by atoms with Gasteiger partial charge in [0.2, 0.25) is 10.0 Å². The van der Waals surface area contributed by atoms with Gasteiger partial charge in [0.25, 0.3) is 12.3 Å². The third-order valence-corrected chi connectivity index (χ3v) is 6.92. The summed E-state index contributed by atoms with van der Waals surface area (Å²) in [6.45, 7) is -0.0214. The van der Waals surface area contributed by atoms with Crippen LogP contribution in [0, 0.1) is 5.82 Å². The number of alkyl halides is 2. The molecule has 0 aliphatic carbocycles. The predicted molar refractivity (Wildman–Crippen MR) is 104 cm³/mol. The standard InChI is InChI=1S/C20H21F3N2O4S/c21-18-8-7-14(11-17(18)19(22)23)24-20(27)13-4-3-6-16(10-13)30(28,29)25-9-2-1-5-15(25)12-26/h3-4,6-8,10-11,15,19,26H,1-2,5,9,12H2,(H,24,27). The van der Waals surface area contributed by atoms with Gasteiger partial charge in [0, 0.05) is 23.8 Å². The molecule has 1 aliphatic rings. The average molecular weight is 442 g/mol. The lowest BCUT2D eigenvalue weighted by molar-refractivity contribution is 0.102. The van der Waals surface area contributed by atoms with Gasteiger partial charge in [0.15, 0.2) is 0 Å². The van der Waals surface area contributed by atoms with Crippen LogP contribution >= 0.6 is 0 Å². The SMILES string of the molecule is O=C(Nc1ccc(F)c(C(F)F)c1)c1cccc(S(=O)(=O)N2CCCCC2CO)c1. The van der Waals surface area contributed by atoms with E-state index < -0.39 is 39.8 Å². The van der Waals surface area contributed by atoms with Crippen molar-refractivity contribution in [2.75, 3.05) is 18.5 Å². The number of amides is 1. The third kappa shape index (κ3) is 4.66. The summed E-state index contributed by atoms with van der Waals surface area (Å²) in [4.78, 5) is 12.4. The Morgan fingerprint density at radius 2 is 1.97 bits per heavy atom. The Morgan fingerprint density at radius 1 is 1.20 bits per heavy atom. The Labute approximate surface area is 172 Å². The fraction of sp³-hybridized carbons (Fsp3) is 0.350. The van der Waals surface area contributed by atoms with Gasteiger partial charge < -0.3 is 10.4 Å². The molecule has 1 atom stereocenters. The van der Waals surface area contributed by atoms with Crippen LogP contribution in [-0.4, -0.2) is 42.9 Å².